The average molecular weight is 229 g/mol. The molecule has 0 N–H and O–H groups in total. The second kappa shape index (κ2) is 9.64. The number of amides is 1. The normalized spacial score (nSPS) is 15.7. The molecule has 1 saturated heterocycles. The lowest BCUT2D eigenvalue weighted by Gasteiger charge is -2.26. The summed E-state index contributed by atoms with van der Waals surface area (Å²) in [5.74, 6) is 1.00. The zero-order valence-corrected chi connectivity index (χ0v) is 11.3. The summed E-state index contributed by atoms with van der Waals surface area (Å²) in [4.78, 5) is 13.6. The van der Waals surface area contributed by atoms with Crippen molar-refractivity contribution in [2.45, 2.75) is 47.0 Å². The van der Waals surface area contributed by atoms with Gasteiger partial charge in [0.15, 0.2) is 0 Å². The molecule has 0 saturated carbocycles. The number of morpholine rings is 1. The second-order valence-corrected chi connectivity index (χ2v) is 4.28. The van der Waals surface area contributed by atoms with Crippen LogP contribution in [-0.2, 0) is 9.53 Å². The molecule has 3 heteroatoms. The van der Waals surface area contributed by atoms with E-state index in [0.717, 1.165) is 25.9 Å². The van der Waals surface area contributed by atoms with Gasteiger partial charge in [-0.3, -0.25) is 4.79 Å². The van der Waals surface area contributed by atoms with Gasteiger partial charge in [-0.1, -0.05) is 34.1 Å². The topological polar surface area (TPSA) is 29.5 Å². The lowest BCUT2D eigenvalue weighted by Crippen LogP contribution is -2.40. The van der Waals surface area contributed by atoms with Gasteiger partial charge < -0.3 is 9.64 Å². The van der Waals surface area contributed by atoms with Crippen LogP contribution < -0.4 is 0 Å². The third kappa shape index (κ3) is 6.83. The zero-order valence-electron chi connectivity index (χ0n) is 11.3. The molecule has 0 atom stereocenters. The Morgan fingerprint density at radius 1 is 1.25 bits per heavy atom. The van der Waals surface area contributed by atoms with E-state index in [4.69, 9.17) is 4.74 Å². The summed E-state index contributed by atoms with van der Waals surface area (Å²) in [6.45, 7) is 11.4. The Balaban J connectivity index is 0.00000106. The number of nitrogens with zero attached hydrogens (tertiary/aromatic N) is 1. The smallest absolute Gasteiger partial charge is 0.222 e. The summed E-state index contributed by atoms with van der Waals surface area (Å²) in [6, 6.07) is 0. The summed E-state index contributed by atoms with van der Waals surface area (Å²) in [6.07, 6.45) is 2.88. The molecule has 0 aliphatic carbocycles. The molecular weight excluding hydrogens is 202 g/mol. The van der Waals surface area contributed by atoms with Crippen molar-refractivity contribution in [1.29, 1.82) is 0 Å². The monoisotopic (exact) mass is 229 g/mol. The van der Waals surface area contributed by atoms with E-state index in [1.165, 1.54) is 0 Å². The summed E-state index contributed by atoms with van der Waals surface area (Å²) in [5, 5.41) is 0. The van der Waals surface area contributed by atoms with Crippen molar-refractivity contribution in [3.8, 4) is 0 Å². The third-order valence-corrected chi connectivity index (χ3v) is 2.54. The van der Waals surface area contributed by atoms with Crippen LogP contribution in [0.25, 0.3) is 0 Å². The Morgan fingerprint density at radius 3 is 2.31 bits per heavy atom. The highest BCUT2D eigenvalue weighted by molar-refractivity contribution is 5.76. The summed E-state index contributed by atoms with van der Waals surface area (Å²) < 4.78 is 5.20. The Bertz CT molecular complexity index is 175. The van der Waals surface area contributed by atoms with Crippen molar-refractivity contribution in [3.63, 3.8) is 0 Å². The predicted molar refractivity (Wildman–Crippen MR) is 67.4 cm³/mol. The Kier molecular flexibility index (Phi) is 9.30. The van der Waals surface area contributed by atoms with Crippen LogP contribution >= 0.6 is 0 Å². The van der Waals surface area contributed by atoms with Crippen LogP contribution in [0.4, 0.5) is 0 Å². The fraction of sp³-hybridized carbons (Fsp3) is 0.923. The minimum Gasteiger partial charge on any atom is -0.378 e. The van der Waals surface area contributed by atoms with Crippen molar-refractivity contribution < 1.29 is 9.53 Å². The Hall–Kier alpha value is -0.570. The first kappa shape index (κ1) is 15.4. The van der Waals surface area contributed by atoms with Crippen molar-refractivity contribution in [1.82, 2.24) is 4.90 Å². The van der Waals surface area contributed by atoms with E-state index in [9.17, 15) is 4.79 Å². The van der Waals surface area contributed by atoms with Gasteiger partial charge in [0.05, 0.1) is 13.2 Å². The molecule has 0 radical (unpaired) electrons. The number of carbonyl (C=O) groups excluding carboxylic acids is 1. The van der Waals surface area contributed by atoms with Gasteiger partial charge in [-0.15, -0.1) is 0 Å². The van der Waals surface area contributed by atoms with Gasteiger partial charge in [-0.2, -0.15) is 0 Å². The SMILES string of the molecule is CC.CC(C)CCCC(=O)N1CCOCC1. The summed E-state index contributed by atoms with van der Waals surface area (Å²) in [5.41, 5.74) is 0. The molecule has 1 fully saturated rings. The lowest BCUT2D eigenvalue weighted by atomic mass is 10.1. The first-order chi connectivity index (χ1) is 7.70. The molecule has 0 aromatic rings. The molecule has 1 heterocycles. The highest BCUT2D eigenvalue weighted by Gasteiger charge is 2.15. The van der Waals surface area contributed by atoms with Crippen molar-refractivity contribution >= 4 is 5.91 Å². The fourth-order valence-corrected chi connectivity index (χ4v) is 1.63. The predicted octanol–water partition coefficient (Wildman–Crippen LogP) is 2.70. The molecule has 16 heavy (non-hydrogen) atoms. The molecule has 0 aromatic carbocycles. The van der Waals surface area contributed by atoms with E-state index >= 15 is 0 Å². The van der Waals surface area contributed by atoms with E-state index in [0.29, 0.717) is 31.5 Å². The van der Waals surface area contributed by atoms with Gasteiger partial charge in [0, 0.05) is 19.5 Å². The third-order valence-electron chi connectivity index (χ3n) is 2.54. The van der Waals surface area contributed by atoms with Gasteiger partial charge in [0.25, 0.3) is 0 Å². The van der Waals surface area contributed by atoms with Gasteiger partial charge in [-0.05, 0) is 12.3 Å². The number of hydrogen-bond acceptors (Lipinski definition) is 2. The van der Waals surface area contributed by atoms with Crippen LogP contribution in [0, 0.1) is 5.92 Å². The van der Waals surface area contributed by atoms with Crippen LogP contribution in [0.2, 0.25) is 0 Å². The Morgan fingerprint density at radius 2 is 1.81 bits per heavy atom. The highest BCUT2D eigenvalue weighted by Crippen LogP contribution is 2.08. The minimum absolute atomic E-state index is 0.300. The molecule has 1 aliphatic heterocycles. The van der Waals surface area contributed by atoms with E-state index in [1.807, 2.05) is 18.7 Å². The maximum absolute atomic E-state index is 11.6. The number of ether oxygens (including phenoxy) is 1. The summed E-state index contributed by atoms with van der Waals surface area (Å²) in [7, 11) is 0. The Labute approximate surface area is 100 Å². The van der Waals surface area contributed by atoms with E-state index in [1.54, 1.807) is 0 Å². The highest BCUT2D eigenvalue weighted by atomic mass is 16.5. The molecule has 1 rings (SSSR count). The first-order valence-corrected chi connectivity index (χ1v) is 6.55. The molecule has 3 nitrogen and oxygen atoms in total. The van der Waals surface area contributed by atoms with Gasteiger partial charge >= 0.3 is 0 Å². The largest absolute Gasteiger partial charge is 0.378 e. The van der Waals surface area contributed by atoms with E-state index in [-0.39, 0.29) is 0 Å². The molecule has 0 unspecified atom stereocenters. The van der Waals surface area contributed by atoms with Crippen molar-refractivity contribution in [3.05, 3.63) is 0 Å². The van der Waals surface area contributed by atoms with Crippen LogP contribution in [0.3, 0.4) is 0 Å². The fourth-order valence-electron chi connectivity index (χ4n) is 1.63. The molecular formula is C13H27NO2. The number of rotatable bonds is 4. The van der Waals surface area contributed by atoms with Gasteiger partial charge in [0.1, 0.15) is 0 Å². The first-order valence-electron chi connectivity index (χ1n) is 6.55. The number of carbonyl (C=O) groups is 1. The van der Waals surface area contributed by atoms with E-state index < -0.39 is 0 Å². The number of hydrogen-bond donors (Lipinski definition) is 0. The summed E-state index contributed by atoms with van der Waals surface area (Å²) >= 11 is 0. The average Bonchev–Trinajstić information content (AvgIpc) is 2.32. The quantitative estimate of drug-likeness (QED) is 0.742. The maximum atomic E-state index is 11.6. The van der Waals surface area contributed by atoms with Crippen LogP contribution in [0.1, 0.15) is 47.0 Å². The van der Waals surface area contributed by atoms with E-state index in [2.05, 4.69) is 13.8 Å². The zero-order chi connectivity index (χ0) is 12.4. The second-order valence-electron chi connectivity index (χ2n) is 4.28. The molecule has 96 valence electrons. The van der Waals surface area contributed by atoms with Crippen LogP contribution in [0.5, 0.6) is 0 Å². The lowest BCUT2D eigenvalue weighted by molar-refractivity contribution is -0.135. The van der Waals surface area contributed by atoms with Gasteiger partial charge in [0.2, 0.25) is 5.91 Å². The van der Waals surface area contributed by atoms with Crippen LogP contribution in [0.15, 0.2) is 0 Å². The van der Waals surface area contributed by atoms with Gasteiger partial charge in [-0.25, -0.2) is 0 Å². The molecule has 0 spiro atoms. The standard InChI is InChI=1S/C11H21NO2.C2H6/c1-10(2)4-3-5-11(13)12-6-8-14-9-7-12;1-2/h10H,3-9H2,1-2H3;1-2H3. The maximum Gasteiger partial charge on any atom is 0.222 e. The molecule has 1 amide bonds. The van der Waals surface area contributed by atoms with Crippen molar-refractivity contribution in [2.75, 3.05) is 26.3 Å². The minimum atomic E-state index is 0.300. The molecule has 1 aliphatic rings. The molecule has 0 aromatic heterocycles. The molecule has 0 bridgehead atoms. The van der Waals surface area contributed by atoms with Crippen LogP contribution in [-0.4, -0.2) is 37.1 Å². The van der Waals surface area contributed by atoms with Crippen molar-refractivity contribution in [2.24, 2.45) is 5.92 Å².